The summed E-state index contributed by atoms with van der Waals surface area (Å²) in [5.41, 5.74) is 1.31. The van der Waals surface area contributed by atoms with Gasteiger partial charge in [-0.1, -0.05) is 40.9 Å². The number of hydrogen-bond donors (Lipinski definition) is 1. The maximum Gasteiger partial charge on any atom is 0.243 e. The first kappa shape index (κ1) is 25.9. The van der Waals surface area contributed by atoms with Gasteiger partial charge in [-0.05, 0) is 42.8 Å². The van der Waals surface area contributed by atoms with Gasteiger partial charge < -0.3 is 10.1 Å². The molecule has 1 N–H and O–H groups in total. The SMILES string of the molecule is COc1ccc(N([C@H](C)C(=O)NCCSCc2ccc(Cl)c(Cl)c2)S(C)(=O)=O)cc1Cl. The lowest BCUT2D eigenvalue weighted by atomic mass is 10.2. The van der Waals surface area contributed by atoms with Crippen molar-refractivity contribution in [2.75, 3.05) is 30.0 Å². The van der Waals surface area contributed by atoms with Crippen LogP contribution in [0.4, 0.5) is 5.69 Å². The van der Waals surface area contributed by atoms with E-state index in [1.807, 2.05) is 12.1 Å². The van der Waals surface area contributed by atoms with Crippen LogP contribution >= 0.6 is 46.6 Å². The van der Waals surface area contributed by atoms with Crippen LogP contribution in [0, 0.1) is 0 Å². The van der Waals surface area contributed by atoms with Crippen molar-refractivity contribution in [3.05, 3.63) is 57.0 Å². The summed E-state index contributed by atoms with van der Waals surface area (Å²) in [6, 6.07) is 9.04. The van der Waals surface area contributed by atoms with E-state index in [1.165, 1.54) is 20.1 Å². The number of hydrogen-bond acceptors (Lipinski definition) is 5. The molecule has 2 rings (SSSR count). The van der Waals surface area contributed by atoms with E-state index in [-0.39, 0.29) is 10.7 Å². The van der Waals surface area contributed by atoms with Crippen LogP contribution in [0.5, 0.6) is 5.75 Å². The monoisotopic (exact) mass is 524 g/mol. The zero-order valence-electron chi connectivity index (χ0n) is 17.2. The summed E-state index contributed by atoms with van der Waals surface area (Å²) in [6.45, 7) is 1.91. The molecule has 0 aliphatic heterocycles. The molecule has 0 saturated carbocycles. The van der Waals surface area contributed by atoms with Gasteiger partial charge in [0.05, 0.1) is 34.1 Å². The Morgan fingerprint density at radius 2 is 1.84 bits per heavy atom. The number of anilines is 1. The number of sulfonamides is 1. The van der Waals surface area contributed by atoms with E-state index in [0.717, 1.165) is 16.1 Å². The van der Waals surface area contributed by atoms with Crippen LogP contribution in [0.15, 0.2) is 36.4 Å². The molecule has 1 atom stereocenters. The molecular formula is C20H23Cl3N2O4S2. The molecule has 0 unspecified atom stereocenters. The molecule has 2 aromatic carbocycles. The third-order valence-corrected chi connectivity index (χ3v) is 7.58. The van der Waals surface area contributed by atoms with Crippen molar-refractivity contribution in [2.24, 2.45) is 0 Å². The fraction of sp³-hybridized carbons (Fsp3) is 0.350. The summed E-state index contributed by atoms with van der Waals surface area (Å²) >= 11 is 19.7. The number of carbonyl (C=O) groups is 1. The maximum atomic E-state index is 12.6. The molecule has 0 heterocycles. The first-order valence-electron chi connectivity index (χ1n) is 9.17. The number of methoxy groups -OCH3 is 1. The highest BCUT2D eigenvalue weighted by Crippen LogP contribution is 2.31. The number of nitrogens with zero attached hydrogens (tertiary/aromatic N) is 1. The second kappa shape index (κ2) is 11.5. The number of rotatable bonds is 10. The number of thioether (sulfide) groups is 1. The van der Waals surface area contributed by atoms with Gasteiger partial charge in [-0.3, -0.25) is 9.10 Å². The molecule has 0 bridgehead atoms. The third kappa shape index (κ3) is 7.36. The van der Waals surface area contributed by atoms with E-state index in [9.17, 15) is 13.2 Å². The Morgan fingerprint density at radius 3 is 2.42 bits per heavy atom. The van der Waals surface area contributed by atoms with Gasteiger partial charge in [0, 0.05) is 18.1 Å². The second-order valence-corrected chi connectivity index (χ2v) is 10.8. The average molecular weight is 526 g/mol. The van der Waals surface area contributed by atoms with Crippen LogP contribution in [0.1, 0.15) is 12.5 Å². The highest BCUT2D eigenvalue weighted by molar-refractivity contribution is 7.98. The minimum absolute atomic E-state index is 0.250. The molecule has 0 saturated heterocycles. The van der Waals surface area contributed by atoms with Gasteiger partial charge in [0.15, 0.2) is 0 Å². The van der Waals surface area contributed by atoms with Crippen molar-refractivity contribution in [3.8, 4) is 5.75 Å². The van der Waals surface area contributed by atoms with Crippen LogP contribution in [0.25, 0.3) is 0 Å². The molecule has 6 nitrogen and oxygen atoms in total. The largest absolute Gasteiger partial charge is 0.495 e. The topological polar surface area (TPSA) is 75.7 Å². The van der Waals surface area contributed by atoms with Gasteiger partial charge in [-0.15, -0.1) is 0 Å². The highest BCUT2D eigenvalue weighted by Gasteiger charge is 2.29. The number of ether oxygens (including phenoxy) is 1. The Hall–Kier alpha value is -1.32. The van der Waals surface area contributed by atoms with Gasteiger partial charge in [-0.25, -0.2) is 8.42 Å². The molecule has 0 aromatic heterocycles. The van der Waals surface area contributed by atoms with E-state index >= 15 is 0 Å². The lowest BCUT2D eigenvalue weighted by Crippen LogP contribution is -2.48. The zero-order chi connectivity index (χ0) is 23.2. The lowest BCUT2D eigenvalue weighted by Gasteiger charge is -2.28. The van der Waals surface area contributed by atoms with E-state index in [0.29, 0.717) is 33.8 Å². The van der Waals surface area contributed by atoms with Crippen LogP contribution in [-0.2, 0) is 20.6 Å². The fourth-order valence-electron chi connectivity index (χ4n) is 2.81. The number of halogens is 3. The Balaban J connectivity index is 1.95. The van der Waals surface area contributed by atoms with Crippen LogP contribution < -0.4 is 14.4 Å². The van der Waals surface area contributed by atoms with Gasteiger partial charge in [0.2, 0.25) is 15.9 Å². The van der Waals surface area contributed by atoms with Crippen molar-refractivity contribution in [2.45, 2.75) is 18.7 Å². The first-order valence-corrected chi connectivity index (χ1v) is 13.3. The number of carbonyl (C=O) groups excluding carboxylic acids is 1. The number of nitrogens with one attached hydrogen (secondary N) is 1. The molecule has 2 aromatic rings. The van der Waals surface area contributed by atoms with Gasteiger partial charge >= 0.3 is 0 Å². The third-order valence-electron chi connectivity index (χ3n) is 4.28. The molecular weight excluding hydrogens is 503 g/mol. The highest BCUT2D eigenvalue weighted by atomic mass is 35.5. The number of benzene rings is 2. The Kier molecular flexibility index (Phi) is 9.64. The summed E-state index contributed by atoms with van der Waals surface area (Å²) in [5, 5.41) is 4.03. The first-order chi connectivity index (χ1) is 14.5. The molecule has 0 radical (unpaired) electrons. The predicted molar refractivity (Wildman–Crippen MR) is 130 cm³/mol. The second-order valence-electron chi connectivity index (χ2n) is 6.65. The quantitative estimate of drug-likeness (QED) is 0.448. The molecule has 170 valence electrons. The Labute approximate surface area is 202 Å². The molecule has 11 heteroatoms. The molecule has 31 heavy (non-hydrogen) atoms. The van der Waals surface area contributed by atoms with Crippen molar-refractivity contribution in [1.82, 2.24) is 5.32 Å². The Morgan fingerprint density at radius 1 is 1.13 bits per heavy atom. The van der Waals surface area contributed by atoms with E-state index in [1.54, 1.807) is 30.0 Å². The minimum atomic E-state index is -3.73. The predicted octanol–water partition coefficient (Wildman–Crippen LogP) is 4.86. The van der Waals surface area contributed by atoms with Crippen molar-refractivity contribution >= 4 is 68.2 Å². The lowest BCUT2D eigenvalue weighted by molar-refractivity contribution is -0.121. The number of amides is 1. The molecule has 0 aliphatic rings. The van der Waals surface area contributed by atoms with Crippen molar-refractivity contribution in [1.29, 1.82) is 0 Å². The minimum Gasteiger partial charge on any atom is -0.495 e. The summed E-state index contributed by atoms with van der Waals surface area (Å²) in [4.78, 5) is 12.6. The Bertz CT molecular complexity index is 1040. The fourth-order valence-corrected chi connectivity index (χ4v) is 5.36. The smallest absolute Gasteiger partial charge is 0.243 e. The molecule has 1 amide bonds. The summed E-state index contributed by atoms with van der Waals surface area (Å²) < 4.78 is 30.9. The molecule has 0 aliphatic carbocycles. The molecule has 0 spiro atoms. The van der Waals surface area contributed by atoms with E-state index in [2.05, 4.69) is 5.32 Å². The standard InChI is InChI=1S/C20H23Cl3N2O4S2/c1-13(25(31(3,27)28)15-5-7-19(29-2)18(23)11-15)20(26)24-8-9-30-12-14-4-6-16(21)17(22)10-14/h4-7,10-11,13H,8-9,12H2,1-3H3,(H,24,26)/t13-/m1/s1. The van der Waals surface area contributed by atoms with Gasteiger partial charge in [0.25, 0.3) is 0 Å². The van der Waals surface area contributed by atoms with E-state index in [4.69, 9.17) is 39.5 Å². The molecule has 0 fully saturated rings. The normalized spacial score (nSPS) is 12.3. The van der Waals surface area contributed by atoms with Gasteiger partial charge in [0.1, 0.15) is 11.8 Å². The summed E-state index contributed by atoms with van der Waals surface area (Å²) in [6.07, 6.45) is 1.04. The summed E-state index contributed by atoms with van der Waals surface area (Å²) in [7, 11) is -2.27. The van der Waals surface area contributed by atoms with Crippen molar-refractivity contribution in [3.63, 3.8) is 0 Å². The average Bonchev–Trinajstić information content (AvgIpc) is 2.69. The van der Waals surface area contributed by atoms with Crippen LogP contribution in [-0.4, -0.2) is 46.0 Å². The van der Waals surface area contributed by atoms with Crippen molar-refractivity contribution < 1.29 is 17.9 Å². The summed E-state index contributed by atoms with van der Waals surface area (Å²) in [5.74, 6) is 1.36. The maximum absolute atomic E-state index is 12.6. The zero-order valence-corrected chi connectivity index (χ0v) is 21.1. The van der Waals surface area contributed by atoms with Crippen LogP contribution in [0.3, 0.4) is 0 Å². The van der Waals surface area contributed by atoms with Crippen LogP contribution in [0.2, 0.25) is 15.1 Å². The van der Waals surface area contributed by atoms with E-state index < -0.39 is 22.0 Å². The van der Waals surface area contributed by atoms with Gasteiger partial charge in [-0.2, -0.15) is 11.8 Å².